The zero-order chi connectivity index (χ0) is 16.1. The summed E-state index contributed by atoms with van der Waals surface area (Å²) in [6, 6.07) is 4.90. The number of nitrogens with one attached hydrogen (secondary N) is 1. The summed E-state index contributed by atoms with van der Waals surface area (Å²) in [4.78, 5) is 13.9. The molecule has 1 aliphatic carbocycles. The third-order valence-electron chi connectivity index (χ3n) is 4.36. The lowest BCUT2D eigenvalue weighted by Crippen LogP contribution is -2.44. The topological polar surface area (TPSA) is 32.3 Å². The maximum absolute atomic E-state index is 13.8. The molecule has 0 spiro atoms. The largest absolute Gasteiger partial charge is 0.352 e. The van der Waals surface area contributed by atoms with Crippen molar-refractivity contribution in [3.05, 3.63) is 34.6 Å². The van der Waals surface area contributed by atoms with Gasteiger partial charge in [0.05, 0.1) is 6.54 Å². The van der Waals surface area contributed by atoms with Gasteiger partial charge >= 0.3 is 0 Å². The monoisotopic (exact) mass is 326 g/mol. The molecule has 0 aliphatic heterocycles. The quantitative estimate of drug-likeness (QED) is 0.896. The second-order valence-electron chi connectivity index (χ2n) is 6.31. The molecule has 2 atom stereocenters. The number of benzene rings is 1. The summed E-state index contributed by atoms with van der Waals surface area (Å²) in [5.41, 5.74) is 0.436. The molecule has 1 saturated carbocycles. The SMILES string of the molecule is CC1CCCCC1NC(=O)CN(C)Cc1c(F)cccc1Cl. The van der Waals surface area contributed by atoms with Crippen LogP contribution in [0.5, 0.6) is 0 Å². The van der Waals surface area contributed by atoms with Crippen LogP contribution in [0.4, 0.5) is 4.39 Å². The van der Waals surface area contributed by atoms with Gasteiger partial charge in [-0.05, 0) is 37.9 Å². The smallest absolute Gasteiger partial charge is 0.234 e. The summed E-state index contributed by atoms with van der Waals surface area (Å²) in [5.74, 6) is 0.193. The number of hydrogen-bond donors (Lipinski definition) is 1. The summed E-state index contributed by atoms with van der Waals surface area (Å²) < 4.78 is 13.8. The van der Waals surface area contributed by atoms with Gasteiger partial charge in [-0.1, -0.05) is 37.4 Å². The Morgan fingerprint density at radius 1 is 1.41 bits per heavy atom. The number of nitrogens with zero attached hydrogens (tertiary/aromatic N) is 1. The first-order chi connectivity index (χ1) is 10.5. The molecule has 0 bridgehead atoms. The predicted molar refractivity (Wildman–Crippen MR) is 87.3 cm³/mol. The van der Waals surface area contributed by atoms with Gasteiger partial charge in [-0.2, -0.15) is 0 Å². The molecule has 22 heavy (non-hydrogen) atoms. The predicted octanol–water partition coefficient (Wildman–Crippen LogP) is 3.61. The Labute approximate surface area is 136 Å². The van der Waals surface area contributed by atoms with Crippen LogP contribution in [0.15, 0.2) is 18.2 Å². The van der Waals surface area contributed by atoms with E-state index in [0.29, 0.717) is 23.0 Å². The lowest BCUT2D eigenvalue weighted by molar-refractivity contribution is -0.123. The van der Waals surface area contributed by atoms with E-state index in [1.807, 2.05) is 0 Å². The zero-order valence-corrected chi connectivity index (χ0v) is 14.0. The Bertz CT molecular complexity index is 503. The van der Waals surface area contributed by atoms with Crippen LogP contribution < -0.4 is 5.32 Å². The molecule has 1 fully saturated rings. The molecular formula is C17H24ClFN2O. The van der Waals surface area contributed by atoms with E-state index >= 15 is 0 Å². The van der Waals surface area contributed by atoms with Gasteiger partial charge in [0.15, 0.2) is 0 Å². The molecular weight excluding hydrogens is 303 g/mol. The number of halogens is 2. The molecule has 2 rings (SSSR count). The Kier molecular flexibility index (Phi) is 6.21. The fourth-order valence-electron chi connectivity index (χ4n) is 3.04. The molecule has 0 aromatic heterocycles. The summed E-state index contributed by atoms with van der Waals surface area (Å²) in [6.45, 7) is 2.75. The van der Waals surface area contributed by atoms with Crippen LogP contribution in [0.3, 0.4) is 0 Å². The van der Waals surface area contributed by atoms with Gasteiger partial charge in [0.1, 0.15) is 5.82 Å². The Morgan fingerprint density at radius 2 is 2.14 bits per heavy atom. The van der Waals surface area contributed by atoms with E-state index < -0.39 is 0 Å². The Balaban J connectivity index is 1.86. The summed E-state index contributed by atoms with van der Waals surface area (Å²) in [6.07, 6.45) is 4.65. The number of rotatable bonds is 5. The maximum Gasteiger partial charge on any atom is 0.234 e. The molecule has 0 radical (unpaired) electrons. The van der Waals surface area contributed by atoms with E-state index in [2.05, 4.69) is 12.2 Å². The number of hydrogen-bond acceptors (Lipinski definition) is 2. The first kappa shape index (κ1) is 17.2. The second kappa shape index (κ2) is 7.93. The molecule has 2 unspecified atom stereocenters. The zero-order valence-electron chi connectivity index (χ0n) is 13.2. The van der Waals surface area contributed by atoms with Crippen molar-refractivity contribution >= 4 is 17.5 Å². The third kappa shape index (κ3) is 4.68. The molecule has 1 N–H and O–H groups in total. The van der Waals surface area contributed by atoms with Crippen molar-refractivity contribution in [1.82, 2.24) is 10.2 Å². The highest BCUT2D eigenvalue weighted by Gasteiger charge is 2.23. The summed E-state index contributed by atoms with van der Waals surface area (Å²) >= 11 is 6.02. The first-order valence-corrected chi connectivity index (χ1v) is 8.26. The van der Waals surface area contributed by atoms with Crippen LogP contribution in [-0.4, -0.2) is 30.4 Å². The number of carbonyl (C=O) groups is 1. The normalized spacial score (nSPS) is 21.9. The van der Waals surface area contributed by atoms with E-state index in [1.54, 1.807) is 24.1 Å². The van der Waals surface area contributed by atoms with E-state index in [4.69, 9.17) is 11.6 Å². The summed E-state index contributed by atoms with van der Waals surface area (Å²) in [5, 5.41) is 3.50. The Morgan fingerprint density at radius 3 is 2.82 bits per heavy atom. The molecule has 0 heterocycles. The van der Waals surface area contributed by atoms with Crippen LogP contribution in [-0.2, 0) is 11.3 Å². The van der Waals surface area contributed by atoms with Crippen LogP contribution in [0.2, 0.25) is 5.02 Å². The van der Waals surface area contributed by atoms with Gasteiger partial charge in [0.25, 0.3) is 0 Å². The van der Waals surface area contributed by atoms with Crippen molar-refractivity contribution in [2.75, 3.05) is 13.6 Å². The van der Waals surface area contributed by atoms with E-state index in [-0.39, 0.29) is 24.3 Å². The molecule has 1 aromatic carbocycles. The Hall–Kier alpha value is -1.13. The fraction of sp³-hybridized carbons (Fsp3) is 0.588. The average Bonchev–Trinajstić information content (AvgIpc) is 2.45. The minimum atomic E-state index is -0.333. The van der Waals surface area contributed by atoms with Crippen molar-refractivity contribution in [1.29, 1.82) is 0 Å². The molecule has 5 heteroatoms. The summed E-state index contributed by atoms with van der Waals surface area (Å²) in [7, 11) is 1.80. The lowest BCUT2D eigenvalue weighted by Gasteiger charge is -2.30. The number of likely N-dealkylation sites (N-methyl/N-ethyl adjacent to an activating group) is 1. The van der Waals surface area contributed by atoms with E-state index in [9.17, 15) is 9.18 Å². The van der Waals surface area contributed by atoms with Crippen molar-refractivity contribution in [2.45, 2.75) is 45.2 Å². The highest BCUT2D eigenvalue weighted by atomic mass is 35.5. The standard InChI is InChI=1S/C17H24ClFN2O/c1-12-6-3-4-9-16(12)20-17(22)11-21(2)10-13-14(18)7-5-8-15(13)19/h5,7-8,12,16H,3-4,6,9-11H2,1-2H3,(H,20,22). The maximum atomic E-state index is 13.8. The molecule has 1 amide bonds. The minimum Gasteiger partial charge on any atom is -0.352 e. The van der Waals surface area contributed by atoms with Gasteiger partial charge in [0, 0.05) is 23.2 Å². The minimum absolute atomic E-state index is 0.00582. The molecule has 122 valence electrons. The molecule has 1 aliphatic rings. The second-order valence-corrected chi connectivity index (χ2v) is 6.72. The fourth-order valence-corrected chi connectivity index (χ4v) is 3.26. The van der Waals surface area contributed by atoms with Crippen molar-refractivity contribution < 1.29 is 9.18 Å². The van der Waals surface area contributed by atoms with Crippen LogP contribution in [0, 0.1) is 11.7 Å². The van der Waals surface area contributed by atoms with Crippen molar-refractivity contribution in [3.63, 3.8) is 0 Å². The van der Waals surface area contributed by atoms with Crippen LogP contribution in [0.1, 0.15) is 38.2 Å². The van der Waals surface area contributed by atoms with Gasteiger partial charge in [-0.3, -0.25) is 9.69 Å². The van der Waals surface area contributed by atoms with Gasteiger partial charge in [-0.25, -0.2) is 4.39 Å². The molecule has 0 saturated heterocycles. The highest BCUT2D eigenvalue weighted by Crippen LogP contribution is 2.24. The third-order valence-corrected chi connectivity index (χ3v) is 4.72. The van der Waals surface area contributed by atoms with Crippen molar-refractivity contribution in [2.24, 2.45) is 5.92 Å². The number of carbonyl (C=O) groups excluding carboxylic acids is 1. The first-order valence-electron chi connectivity index (χ1n) is 7.88. The van der Waals surface area contributed by atoms with Crippen LogP contribution >= 0.6 is 11.6 Å². The van der Waals surface area contributed by atoms with Crippen molar-refractivity contribution in [3.8, 4) is 0 Å². The van der Waals surface area contributed by atoms with Gasteiger partial charge in [-0.15, -0.1) is 0 Å². The van der Waals surface area contributed by atoms with E-state index in [0.717, 1.165) is 6.42 Å². The number of amides is 1. The van der Waals surface area contributed by atoms with E-state index in [1.165, 1.54) is 25.3 Å². The van der Waals surface area contributed by atoms with Crippen LogP contribution in [0.25, 0.3) is 0 Å². The lowest BCUT2D eigenvalue weighted by atomic mass is 9.86. The van der Waals surface area contributed by atoms with Gasteiger partial charge < -0.3 is 5.32 Å². The molecule has 3 nitrogen and oxygen atoms in total. The highest BCUT2D eigenvalue weighted by molar-refractivity contribution is 6.31. The average molecular weight is 327 g/mol. The van der Waals surface area contributed by atoms with Gasteiger partial charge in [0.2, 0.25) is 5.91 Å². The molecule has 1 aromatic rings.